The van der Waals surface area contributed by atoms with Crippen LogP contribution in [0, 0.1) is 5.82 Å². The van der Waals surface area contributed by atoms with Crippen molar-refractivity contribution >= 4 is 5.91 Å². The third-order valence-electron chi connectivity index (χ3n) is 5.67. The maximum atomic E-state index is 13.4. The lowest BCUT2D eigenvalue weighted by molar-refractivity contribution is 0.0936. The summed E-state index contributed by atoms with van der Waals surface area (Å²) in [5.41, 5.74) is 2.44. The van der Waals surface area contributed by atoms with E-state index in [1.165, 1.54) is 24.9 Å². The molecule has 1 amide bonds. The van der Waals surface area contributed by atoms with E-state index in [9.17, 15) is 9.18 Å². The van der Waals surface area contributed by atoms with Gasteiger partial charge in [0.15, 0.2) is 0 Å². The molecule has 5 nitrogen and oxygen atoms in total. The van der Waals surface area contributed by atoms with Gasteiger partial charge in [0.1, 0.15) is 18.5 Å². The van der Waals surface area contributed by atoms with Gasteiger partial charge in [-0.2, -0.15) is 5.10 Å². The number of amides is 1. The average Bonchev–Trinajstić information content (AvgIpc) is 3.28. The van der Waals surface area contributed by atoms with Crippen LogP contribution < -0.4 is 5.32 Å². The van der Waals surface area contributed by atoms with Crippen LogP contribution in [0.4, 0.5) is 4.39 Å². The lowest BCUT2D eigenvalue weighted by Crippen LogP contribution is -2.42. The quantitative estimate of drug-likeness (QED) is 0.729. The molecule has 1 heterocycles. The zero-order valence-electron chi connectivity index (χ0n) is 15.6. The van der Waals surface area contributed by atoms with E-state index in [1.807, 2.05) is 24.3 Å². The third-order valence-corrected chi connectivity index (χ3v) is 5.67. The minimum absolute atomic E-state index is 0.0998. The van der Waals surface area contributed by atoms with Crippen LogP contribution in [0.2, 0.25) is 0 Å². The van der Waals surface area contributed by atoms with Crippen LogP contribution in [0.3, 0.4) is 0 Å². The van der Waals surface area contributed by atoms with E-state index in [0.29, 0.717) is 12.1 Å². The molecule has 0 unspecified atom stereocenters. The van der Waals surface area contributed by atoms with Gasteiger partial charge < -0.3 is 5.32 Å². The van der Waals surface area contributed by atoms with Crippen LogP contribution in [0.15, 0.2) is 61.2 Å². The Morgan fingerprint density at radius 3 is 2.39 bits per heavy atom. The molecular formula is C22H23FN4O. The summed E-state index contributed by atoms with van der Waals surface area (Å²) in [6.45, 7) is 0.558. The summed E-state index contributed by atoms with van der Waals surface area (Å²) in [5, 5.41) is 7.20. The first-order chi connectivity index (χ1) is 13.7. The fraction of sp³-hybridized carbons (Fsp3) is 0.318. The predicted octanol–water partition coefficient (Wildman–Crippen LogP) is 4.04. The molecule has 0 spiro atoms. The number of nitrogens with one attached hydrogen (secondary N) is 1. The molecule has 1 saturated carbocycles. The smallest absolute Gasteiger partial charge is 0.251 e. The Balaban J connectivity index is 1.47. The lowest BCUT2D eigenvalue weighted by atomic mass is 9.69. The van der Waals surface area contributed by atoms with Gasteiger partial charge in [-0.3, -0.25) is 4.79 Å². The van der Waals surface area contributed by atoms with E-state index in [0.717, 1.165) is 36.9 Å². The number of carbonyl (C=O) groups excluding carboxylic acids is 1. The number of aromatic nitrogens is 3. The van der Waals surface area contributed by atoms with Crippen molar-refractivity contribution in [1.29, 1.82) is 0 Å². The van der Waals surface area contributed by atoms with Gasteiger partial charge in [0.2, 0.25) is 0 Å². The average molecular weight is 378 g/mol. The summed E-state index contributed by atoms with van der Waals surface area (Å²) < 4.78 is 15.0. The number of benzene rings is 2. The Kier molecular flexibility index (Phi) is 5.19. The number of halogens is 1. The molecule has 3 aromatic rings. The number of nitrogens with zero attached hydrogens (tertiary/aromatic N) is 3. The molecule has 6 heteroatoms. The summed E-state index contributed by atoms with van der Waals surface area (Å²) in [5.74, 6) is -0.330. The molecule has 144 valence electrons. The van der Waals surface area contributed by atoms with Crippen LogP contribution in [0.5, 0.6) is 0 Å². The monoisotopic (exact) mass is 378 g/mol. The van der Waals surface area contributed by atoms with Gasteiger partial charge in [-0.25, -0.2) is 14.1 Å². The van der Waals surface area contributed by atoms with Crippen LogP contribution >= 0.6 is 0 Å². The molecule has 2 aromatic carbocycles. The van der Waals surface area contributed by atoms with Crippen LogP contribution in [-0.4, -0.2) is 27.2 Å². The number of rotatable bonds is 5. The highest BCUT2D eigenvalue weighted by Gasteiger charge is 2.34. The van der Waals surface area contributed by atoms with E-state index in [-0.39, 0.29) is 17.1 Å². The van der Waals surface area contributed by atoms with Gasteiger partial charge in [0.25, 0.3) is 5.91 Å². The molecule has 1 N–H and O–H groups in total. The zero-order valence-corrected chi connectivity index (χ0v) is 15.6. The van der Waals surface area contributed by atoms with E-state index < -0.39 is 0 Å². The second-order valence-corrected chi connectivity index (χ2v) is 7.42. The van der Waals surface area contributed by atoms with Crippen LogP contribution in [-0.2, 0) is 5.41 Å². The molecule has 0 aliphatic heterocycles. The normalized spacial score (nSPS) is 15.9. The van der Waals surface area contributed by atoms with Crippen molar-refractivity contribution in [3.8, 4) is 5.69 Å². The minimum Gasteiger partial charge on any atom is -0.351 e. The zero-order chi connectivity index (χ0) is 19.4. The van der Waals surface area contributed by atoms with E-state index >= 15 is 0 Å². The maximum Gasteiger partial charge on any atom is 0.251 e. The largest absolute Gasteiger partial charge is 0.351 e. The topological polar surface area (TPSA) is 59.8 Å². The summed E-state index contributed by atoms with van der Waals surface area (Å²) in [6, 6.07) is 14.0. The van der Waals surface area contributed by atoms with Crippen LogP contribution in [0.1, 0.15) is 48.0 Å². The molecule has 0 radical (unpaired) electrons. The molecule has 1 aliphatic carbocycles. The second kappa shape index (κ2) is 7.92. The first-order valence-corrected chi connectivity index (χ1v) is 9.66. The molecule has 1 fully saturated rings. The second-order valence-electron chi connectivity index (χ2n) is 7.42. The Morgan fingerprint density at radius 1 is 1.04 bits per heavy atom. The lowest BCUT2D eigenvalue weighted by Gasteiger charge is -2.38. The van der Waals surface area contributed by atoms with Crippen molar-refractivity contribution in [1.82, 2.24) is 20.1 Å². The van der Waals surface area contributed by atoms with Gasteiger partial charge in [0, 0.05) is 17.5 Å². The van der Waals surface area contributed by atoms with Crippen LogP contribution in [0.25, 0.3) is 5.69 Å². The fourth-order valence-corrected chi connectivity index (χ4v) is 4.06. The number of hydrogen-bond acceptors (Lipinski definition) is 3. The Hall–Kier alpha value is -3.02. The number of hydrogen-bond donors (Lipinski definition) is 1. The summed E-state index contributed by atoms with van der Waals surface area (Å²) in [4.78, 5) is 16.6. The van der Waals surface area contributed by atoms with Crippen molar-refractivity contribution in [2.24, 2.45) is 0 Å². The molecule has 0 atom stereocenters. The maximum absolute atomic E-state index is 13.4. The fourth-order valence-electron chi connectivity index (χ4n) is 4.06. The first kappa shape index (κ1) is 18.3. The van der Waals surface area contributed by atoms with Crippen molar-refractivity contribution < 1.29 is 9.18 Å². The third kappa shape index (κ3) is 3.81. The highest BCUT2D eigenvalue weighted by molar-refractivity contribution is 5.94. The van der Waals surface area contributed by atoms with Gasteiger partial charge in [-0.1, -0.05) is 31.4 Å². The van der Waals surface area contributed by atoms with Crippen molar-refractivity contribution in [2.75, 3.05) is 6.54 Å². The van der Waals surface area contributed by atoms with E-state index in [2.05, 4.69) is 15.4 Å². The summed E-state index contributed by atoms with van der Waals surface area (Å²) >= 11 is 0. The Labute approximate surface area is 163 Å². The van der Waals surface area contributed by atoms with E-state index in [1.54, 1.807) is 23.1 Å². The molecular weight excluding hydrogens is 355 g/mol. The van der Waals surface area contributed by atoms with E-state index in [4.69, 9.17) is 0 Å². The van der Waals surface area contributed by atoms with Crippen molar-refractivity contribution in [3.05, 3.63) is 78.1 Å². The number of carbonyl (C=O) groups is 1. The Bertz CT molecular complexity index is 914. The minimum atomic E-state index is -0.230. The molecule has 0 bridgehead atoms. The summed E-state index contributed by atoms with van der Waals surface area (Å²) in [6.07, 6.45) is 8.55. The molecule has 28 heavy (non-hydrogen) atoms. The van der Waals surface area contributed by atoms with Gasteiger partial charge in [-0.05, 0) is 54.8 Å². The van der Waals surface area contributed by atoms with Gasteiger partial charge in [0.05, 0.1) is 5.69 Å². The first-order valence-electron chi connectivity index (χ1n) is 9.66. The molecule has 1 aromatic heterocycles. The standard InChI is InChI=1S/C22H23FN4O/c23-19-8-6-18(7-9-19)22(12-2-1-3-13-22)14-25-21(28)17-4-10-20(11-5-17)27-16-24-15-26-27/h4-11,15-16H,1-3,12-14H2,(H,25,28). The highest BCUT2D eigenvalue weighted by Crippen LogP contribution is 2.39. The van der Waals surface area contributed by atoms with Gasteiger partial charge >= 0.3 is 0 Å². The van der Waals surface area contributed by atoms with Crippen molar-refractivity contribution in [2.45, 2.75) is 37.5 Å². The molecule has 0 saturated heterocycles. The highest BCUT2D eigenvalue weighted by atomic mass is 19.1. The molecule has 4 rings (SSSR count). The molecule has 1 aliphatic rings. The van der Waals surface area contributed by atoms with Crippen molar-refractivity contribution in [3.63, 3.8) is 0 Å². The summed E-state index contributed by atoms with van der Waals surface area (Å²) in [7, 11) is 0. The predicted molar refractivity (Wildman–Crippen MR) is 105 cm³/mol. The SMILES string of the molecule is O=C(NCC1(c2ccc(F)cc2)CCCCC1)c1ccc(-n2cncn2)cc1. The van der Waals surface area contributed by atoms with Gasteiger partial charge in [-0.15, -0.1) is 0 Å². The Morgan fingerprint density at radius 2 is 1.75 bits per heavy atom.